The quantitative estimate of drug-likeness (QED) is 0.631. The average Bonchev–Trinajstić information content (AvgIpc) is 2.58. The van der Waals surface area contributed by atoms with Crippen LogP contribution in [0.15, 0.2) is 18.5 Å². The number of nitrogen functional groups attached to an aromatic ring is 1. The van der Waals surface area contributed by atoms with Crippen LogP contribution in [0.25, 0.3) is 0 Å². The second kappa shape index (κ2) is 5.66. The topological polar surface area (TPSA) is 65.2 Å². The van der Waals surface area contributed by atoms with E-state index < -0.39 is 0 Å². The third-order valence-corrected chi connectivity index (χ3v) is 3.15. The molecule has 92 valence electrons. The third kappa shape index (κ3) is 3.19. The largest absolute Gasteiger partial charge is 0.459 e. The first kappa shape index (κ1) is 11.9. The Kier molecular flexibility index (Phi) is 3.96. The molecule has 1 heterocycles. The molecule has 0 saturated heterocycles. The number of hydrogen-bond acceptors (Lipinski definition) is 4. The van der Waals surface area contributed by atoms with Crippen molar-refractivity contribution in [2.24, 2.45) is 0 Å². The number of pyridine rings is 1. The van der Waals surface area contributed by atoms with Crippen LogP contribution in [0.5, 0.6) is 0 Å². The molecular formula is C13H18N2O2. The van der Waals surface area contributed by atoms with Gasteiger partial charge in [-0.2, -0.15) is 0 Å². The molecule has 0 atom stereocenters. The predicted octanol–water partition coefficient (Wildman–Crippen LogP) is 2.54. The van der Waals surface area contributed by atoms with Gasteiger partial charge in [0.2, 0.25) is 0 Å². The van der Waals surface area contributed by atoms with Crippen molar-refractivity contribution in [3.63, 3.8) is 0 Å². The number of rotatable bonds is 2. The summed E-state index contributed by atoms with van der Waals surface area (Å²) in [5, 5.41) is 0. The molecule has 1 aliphatic carbocycles. The molecule has 0 aliphatic heterocycles. The predicted molar refractivity (Wildman–Crippen MR) is 65.6 cm³/mol. The zero-order chi connectivity index (χ0) is 12.1. The number of nitrogens with zero attached hydrogens (tertiary/aromatic N) is 1. The maximum atomic E-state index is 11.9. The summed E-state index contributed by atoms with van der Waals surface area (Å²) in [5.74, 6) is -0.322. The van der Waals surface area contributed by atoms with Gasteiger partial charge in [-0.05, 0) is 31.7 Å². The van der Waals surface area contributed by atoms with E-state index in [0.717, 1.165) is 25.7 Å². The highest BCUT2D eigenvalue weighted by Gasteiger charge is 2.19. The minimum atomic E-state index is -0.322. The molecule has 1 aliphatic rings. The maximum Gasteiger partial charge on any atom is 0.340 e. The Morgan fingerprint density at radius 1 is 1.29 bits per heavy atom. The summed E-state index contributed by atoms with van der Waals surface area (Å²) < 4.78 is 5.49. The van der Waals surface area contributed by atoms with Crippen LogP contribution in [-0.4, -0.2) is 17.1 Å². The second-order valence-electron chi connectivity index (χ2n) is 4.48. The molecule has 0 amide bonds. The highest BCUT2D eigenvalue weighted by molar-refractivity contribution is 5.94. The normalized spacial score (nSPS) is 17.4. The molecule has 0 aromatic carbocycles. The number of anilines is 1. The monoisotopic (exact) mass is 234 g/mol. The van der Waals surface area contributed by atoms with Crippen molar-refractivity contribution in [3.8, 4) is 0 Å². The molecular weight excluding hydrogens is 216 g/mol. The van der Waals surface area contributed by atoms with E-state index in [1.54, 1.807) is 12.3 Å². The van der Waals surface area contributed by atoms with Crippen molar-refractivity contribution in [2.45, 2.75) is 44.6 Å². The molecule has 4 heteroatoms. The molecule has 17 heavy (non-hydrogen) atoms. The lowest BCUT2D eigenvalue weighted by Crippen LogP contribution is -2.18. The van der Waals surface area contributed by atoms with Gasteiger partial charge >= 0.3 is 5.97 Å². The Morgan fingerprint density at radius 3 is 2.65 bits per heavy atom. The van der Waals surface area contributed by atoms with E-state index in [9.17, 15) is 4.79 Å². The summed E-state index contributed by atoms with van der Waals surface area (Å²) in [6.07, 6.45) is 9.79. The van der Waals surface area contributed by atoms with Gasteiger partial charge in [-0.1, -0.05) is 12.8 Å². The summed E-state index contributed by atoms with van der Waals surface area (Å²) >= 11 is 0. The fourth-order valence-electron chi connectivity index (χ4n) is 2.17. The molecule has 1 saturated carbocycles. The fraction of sp³-hybridized carbons (Fsp3) is 0.538. The maximum absolute atomic E-state index is 11.9. The van der Waals surface area contributed by atoms with E-state index in [1.165, 1.54) is 19.0 Å². The molecule has 2 rings (SSSR count). The molecule has 2 N–H and O–H groups in total. The first-order valence-corrected chi connectivity index (χ1v) is 6.18. The standard InChI is InChI=1S/C13H18N2O2/c14-12-9-15-8-7-11(12)13(16)17-10-5-3-1-2-4-6-10/h7-10H,1-6,14H2. The van der Waals surface area contributed by atoms with Crippen LogP contribution in [0.3, 0.4) is 0 Å². The summed E-state index contributed by atoms with van der Waals surface area (Å²) in [5.41, 5.74) is 6.50. The number of nitrogens with two attached hydrogens (primary N) is 1. The summed E-state index contributed by atoms with van der Waals surface area (Å²) in [7, 11) is 0. The van der Waals surface area contributed by atoms with Gasteiger partial charge in [-0.3, -0.25) is 4.98 Å². The Morgan fingerprint density at radius 2 is 2.00 bits per heavy atom. The minimum absolute atomic E-state index is 0.0533. The Labute approximate surface area is 101 Å². The Bertz CT molecular complexity index is 385. The van der Waals surface area contributed by atoms with Gasteiger partial charge in [0.05, 0.1) is 17.4 Å². The van der Waals surface area contributed by atoms with Crippen LogP contribution in [-0.2, 0) is 4.74 Å². The van der Waals surface area contributed by atoms with Crippen molar-refractivity contribution in [2.75, 3.05) is 5.73 Å². The van der Waals surface area contributed by atoms with Gasteiger partial charge in [0.25, 0.3) is 0 Å². The van der Waals surface area contributed by atoms with Crippen LogP contribution < -0.4 is 5.73 Å². The first-order valence-electron chi connectivity index (χ1n) is 6.18. The summed E-state index contributed by atoms with van der Waals surface area (Å²) in [6.45, 7) is 0. The lowest BCUT2D eigenvalue weighted by atomic mass is 10.1. The molecule has 4 nitrogen and oxygen atoms in total. The van der Waals surface area contributed by atoms with E-state index in [1.807, 2.05) is 0 Å². The van der Waals surface area contributed by atoms with Crippen LogP contribution in [0.2, 0.25) is 0 Å². The van der Waals surface area contributed by atoms with Crippen molar-refractivity contribution in [1.29, 1.82) is 0 Å². The Balaban J connectivity index is 1.98. The van der Waals surface area contributed by atoms with Gasteiger partial charge in [-0.25, -0.2) is 4.79 Å². The van der Waals surface area contributed by atoms with Gasteiger partial charge in [0.1, 0.15) is 6.10 Å². The van der Waals surface area contributed by atoms with E-state index in [4.69, 9.17) is 10.5 Å². The summed E-state index contributed by atoms with van der Waals surface area (Å²) in [4.78, 5) is 15.8. The molecule has 0 bridgehead atoms. The first-order chi connectivity index (χ1) is 8.27. The van der Waals surface area contributed by atoms with Crippen LogP contribution in [0, 0.1) is 0 Å². The van der Waals surface area contributed by atoms with Gasteiger partial charge in [0.15, 0.2) is 0 Å². The van der Waals surface area contributed by atoms with E-state index >= 15 is 0 Å². The minimum Gasteiger partial charge on any atom is -0.459 e. The number of carbonyl (C=O) groups excluding carboxylic acids is 1. The van der Waals surface area contributed by atoms with E-state index in [2.05, 4.69) is 4.98 Å². The molecule has 1 fully saturated rings. The van der Waals surface area contributed by atoms with Gasteiger partial charge in [-0.15, -0.1) is 0 Å². The molecule has 0 spiro atoms. The van der Waals surface area contributed by atoms with Crippen molar-refractivity contribution in [3.05, 3.63) is 24.0 Å². The SMILES string of the molecule is Nc1cnccc1C(=O)OC1CCCCCC1. The number of ether oxygens (including phenoxy) is 1. The lowest BCUT2D eigenvalue weighted by molar-refractivity contribution is 0.0268. The van der Waals surface area contributed by atoms with Crippen molar-refractivity contribution in [1.82, 2.24) is 4.98 Å². The highest BCUT2D eigenvalue weighted by atomic mass is 16.5. The zero-order valence-corrected chi connectivity index (χ0v) is 9.89. The van der Waals surface area contributed by atoms with Crippen LogP contribution in [0.1, 0.15) is 48.9 Å². The molecule has 0 radical (unpaired) electrons. The smallest absolute Gasteiger partial charge is 0.340 e. The highest BCUT2D eigenvalue weighted by Crippen LogP contribution is 2.21. The van der Waals surface area contributed by atoms with Crippen molar-refractivity contribution < 1.29 is 9.53 Å². The third-order valence-electron chi connectivity index (χ3n) is 3.15. The second-order valence-corrected chi connectivity index (χ2v) is 4.48. The number of carbonyl (C=O) groups is 1. The molecule has 1 aromatic rings. The van der Waals surface area contributed by atoms with Gasteiger partial charge in [0, 0.05) is 6.20 Å². The molecule has 1 aromatic heterocycles. The average molecular weight is 234 g/mol. The fourth-order valence-corrected chi connectivity index (χ4v) is 2.17. The number of aromatic nitrogens is 1. The Hall–Kier alpha value is -1.58. The van der Waals surface area contributed by atoms with Crippen molar-refractivity contribution >= 4 is 11.7 Å². The van der Waals surface area contributed by atoms with Crippen LogP contribution in [0.4, 0.5) is 5.69 Å². The van der Waals surface area contributed by atoms with Crippen LogP contribution >= 0.6 is 0 Å². The molecule has 0 unspecified atom stereocenters. The van der Waals surface area contributed by atoms with Gasteiger partial charge < -0.3 is 10.5 Å². The zero-order valence-electron chi connectivity index (χ0n) is 9.89. The number of hydrogen-bond donors (Lipinski definition) is 1. The van der Waals surface area contributed by atoms with E-state index in [-0.39, 0.29) is 12.1 Å². The number of esters is 1. The summed E-state index contributed by atoms with van der Waals surface area (Å²) in [6, 6.07) is 1.61. The lowest BCUT2D eigenvalue weighted by Gasteiger charge is -2.15. The van der Waals surface area contributed by atoms with E-state index in [0.29, 0.717) is 11.3 Å².